The summed E-state index contributed by atoms with van der Waals surface area (Å²) in [5.74, 6) is -2.76. The summed E-state index contributed by atoms with van der Waals surface area (Å²) >= 11 is 0. The van der Waals surface area contributed by atoms with Crippen LogP contribution in [0.5, 0.6) is 0 Å². The largest absolute Gasteiger partial charge is 0.490 e. The van der Waals surface area contributed by atoms with Crippen molar-refractivity contribution in [3.8, 4) is 0 Å². The van der Waals surface area contributed by atoms with Gasteiger partial charge in [0.05, 0.1) is 0 Å². The fourth-order valence-corrected chi connectivity index (χ4v) is 2.18. The van der Waals surface area contributed by atoms with Crippen molar-refractivity contribution in [2.24, 2.45) is 5.73 Å². The number of hydrogen-bond donors (Lipinski definition) is 2. The van der Waals surface area contributed by atoms with Crippen LogP contribution in [-0.2, 0) is 4.79 Å². The molecule has 0 saturated heterocycles. The van der Waals surface area contributed by atoms with E-state index < -0.39 is 17.8 Å². The van der Waals surface area contributed by atoms with E-state index >= 15 is 0 Å². The molecule has 7 heteroatoms. The Labute approximate surface area is 89.6 Å². The standard InChI is InChI=1S/C7H12FN.C2HF3O2/c8-6-1-3-7(9,5-6)4-2-6;3-2(4,5)1(6)7/h1-5,9H2;(H,6,7). The van der Waals surface area contributed by atoms with E-state index in [0.717, 1.165) is 12.8 Å². The summed E-state index contributed by atoms with van der Waals surface area (Å²) in [6, 6.07) is 0. The van der Waals surface area contributed by atoms with Crippen LogP contribution in [0.3, 0.4) is 0 Å². The van der Waals surface area contributed by atoms with Gasteiger partial charge < -0.3 is 10.8 Å². The second kappa shape index (κ2) is 3.87. The molecule has 2 saturated carbocycles. The predicted molar refractivity (Wildman–Crippen MR) is 47.5 cm³/mol. The van der Waals surface area contributed by atoms with Gasteiger partial charge >= 0.3 is 12.1 Å². The lowest BCUT2D eigenvalue weighted by molar-refractivity contribution is -0.192. The SMILES string of the molecule is NC12CCC(F)(CC1)C2.O=C(O)C(F)(F)F. The number of alkyl halides is 4. The van der Waals surface area contributed by atoms with Crippen LogP contribution in [0.2, 0.25) is 0 Å². The maximum atomic E-state index is 13.2. The molecule has 16 heavy (non-hydrogen) atoms. The Morgan fingerprint density at radius 3 is 1.62 bits per heavy atom. The van der Waals surface area contributed by atoms with Gasteiger partial charge in [-0.15, -0.1) is 0 Å². The van der Waals surface area contributed by atoms with Gasteiger partial charge in [0.25, 0.3) is 0 Å². The number of hydrogen-bond acceptors (Lipinski definition) is 2. The molecular formula is C9H13F4NO2. The van der Waals surface area contributed by atoms with Crippen molar-refractivity contribution in [1.82, 2.24) is 0 Å². The molecule has 0 aromatic heterocycles. The summed E-state index contributed by atoms with van der Waals surface area (Å²) in [5.41, 5.74) is 4.89. The van der Waals surface area contributed by atoms with E-state index in [2.05, 4.69) is 0 Å². The van der Waals surface area contributed by atoms with Crippen LogP contribution in [-0.4, -0.2) is 28.5 Å². The molecule has 94 valence electrons. The van der Waals surface area contributed by atoms with Gasteiger partial charge in [-0.3, -0.25) is 0 Å². The summed E-state index contributed by atoms with van der Waals surface area (Å²) in [7, 11) is 0. The molecule has 2 bridgehead atoms. The van der Waals surface area contributed by atoms with Crippen molar-refractivity contribution in [3.05, 3.63) is 0 Å². The number of carboxylic acids is 1. The summed E-state index contributed by atoms with van der Waals surface area (Å²) in [5, 5.41) is 7.12. The number of aliphatic carboxylic acids is 1. The number of carbonyl (C=O) groups is 1. The van der Waals surface area contributed by atoms with Gasteiger partial charge in [0.2, 0.25) is 0 Å². The Hall–Kier alpha value is -0.850. The van der Waals surface area contributed by atoms with Crippen LogP contribution in [0.1, 0.15) is 32.1 Å². The van der Waals surface area contributed by atoms with Crippen LogP contribution in [0.15, 0.2) is 0 Å². The summed E-state index contributed by atoms with van der Waals surface area (Å²) < 4.78 is 45.0. The number of carboxylic acid groups (broad SMARTS) is 1. The average molecular weight is 243 g/mol. The summed E-state index contributed by atoms with van der Waals surface area (Å²) in [4.78, 5) is 8.90. The average Bonchev–Trinajstić information content (AvgIpc) is 2.55. The number of nitrogens with two attached hydrogens (primary N) is 1. The van der Waals surface area contributed by atoms with Crippen LogP contribution in [0.25, 0.3) is 0 Å². The molecule has 0 heterocycles. The van der Waals surface area contributed by atoms with Crippen LogP contribution in [0, 0.1) is 0 Å². The molecule has 0 aromatic rings. The minimum Gasteiger partial charge on any atom is -0.475 e. The molecule has 0 unspecified atom stereocenters. The summed E-state index contributed by atoms with van der Waals surface area (Å²) in [6.45, 7) is 0. The van der Waals surface area contributed by atoms with Crippen molar-refractivity contribution >= 4 is 5.97 Å². The molecule has 0 amide bonds. The van der Waals surface area contributed by atoms with Crippen LogP contribution < -0.4 is 5.73 Å². The Kier molecular flexibility index (Phi) is 3.20. The summed E-state index contributed by atoms with van der Waals surface area (Å²) in [6.07, 6.45) is -1.22. The molecule has 2 rings (SSSR count). The van der Waals surface area contributed by atoms with Gasteiger partial charge in [0.15, 0.2) is 0 Å². The highest BCUT2D eigenvalue weighted by molar-refractivity contribution is 5.73. The minimum absolute atomic E-state index is 0.102. The van der Waals surface area contributed by atoms with E-state index in [1.54, 1.807) is 0 Å². The number of halogens is 4. The van der Waals surface area contributed by atoms with Gasteiger partial charge in [0, 0.05) is 5.54 Å². The molecule has 2 aliphatic rings. The number of rotatable bonds is 0. The third-order valence-corrected chi connectivity index (χ3v) is 3.05. The molecular weight excluding hydrogens is 230 g/mol. The Bertz CT molecular complexity index is 266. The zero-order valence-electron chi connectivity index (χ0n) is 8.48. The molecule has 2 fully saturated rings. The lowest BCUT2D eigenvalue weighted by Crippen LogP contribution is -2.33. The Morgan fingerprint density at radius 1 is 1.19 bits per heavy atom. The third-order valence-electron chi connectivity index (χ3n) is 3.05. The van der Waals surface area contributed by atoms with E-state index in [-0.39, 0.29) is 5.54 Å². The highest BCUT2D eigenvalue weighted by Crippen LogP contribution is 2.51. The lowest BCUT2D eigenvalue weighted by Gasteiger charge is -2.19. The van der Waals surface area contributed by atoms with E-state index in [9.17, 15) is 17.6 Å². The zero-order valence-corrected chi connectivity index (χ0v) is 8.48. The molecule has 0 spiro atoms. The molecule has 0 atom stereocenters. The van der Waals surface area contributed by atoms with Gasteiger partial charge in [-0.25, -0.2) is 9.18 Å². The Balaban J connectivity index is 0.000000168. The maximum absolute atomic E-state index is 13.2. The first-order valence-electron chi connectivity index (χ1n) is 4.84. The van der Waals surface area contributed by atoms with Crippen molar-refractivity contribution < 1.29 is 27.5 Å². The van der Waals surface area contributed by atoms with Crippen LogP contribution >= 0.6 is 0 Å². The highest BCUT2D eigenvalue weighted by Gasteiger charge is 2.52. The monoisotopic (exact) mass is 243 g/mol. The van der Waals surface area contributed by atoms with E-state index in [4.69, 9.17) is 15.6 Å². The quantitative estimate of drug-likeness (QED) is 0.639. The predicted octanol–water partition coefficient (Wildman–Crippen LogP) is 2.00. The molecule has 3 N–H and O–H groups in total. The van der Waals surface area contributed by atoms with Crippen molar-refractivity contribution in [3.63, 3.8) is 0 Å². The van der Waals surface area contributed by atoms with Gasteiger partial charge in [-0.1, -0.05) is 0 Å². The fourth-order valence-electron chi connectivity index (χ4n) is 2.18. The highest BCUT2D eigenvalue weighted by atomic mass is 19.4. The fraction of sp³-hybridized carbons (Fsp3) is 0.889. The van der Waals surface area contributed by atoms with E-state index in [1.807, 2.05) is 0 Å². The van der Waals surface area contributed by atoms with Crippen molar-refractivity contribution in [2.75, 3.05) is 0 Å². The molecule has 0 aliphatic heterocycles. The lowest BCUT2D eigenvalue weighted by atomic mass is 9.94. The normalized spacial score (nSPS) is 36.8. The molecule has 0 aromatic carbocycles. The van der Waals surface area contributed by atoms with Gasteiger partial charge in [-0.2, -0.15) is 13.2 Å². The first-order chi connectivity index (χ1) is 7.06. The molecule has 2 aliphatic carbocycles. The minimum atomic E-state index is -5.08. The first-order valence-corrected chi connectivity index (χ1v) is 4.84. The van der Waals surface area contributed by atoms with Crippen molar-refractivity contribution in [2.45, 2.75) is 49.5 Å². The maximum Gasteiger partial charge on any atom is 0.490 e. The second-order valence-electron chi connectivity index (χ2n) is 4.49. The topological polar surface area (TPSA) is 63.3 Å². The zero-order chi connectivity index (χ0) is 12.6. The Morgan fingerprint density at radius 2 is 1.56 bits per heavy atom. The number of fused-ring (bicyclic) bond motifs is 2. The molecule has 3 nitrogen and oxygen atoms in total. The third kappa shape index (κ3) is 3.07. The van der Waals surface area contributed by atoms with Crippen LogP contribution in [0.4, 0.5) is 17.6 Å². The first kappa shape index (κ1) is 13.2. The molecule has 0 radical (unpaired) electrons. The van der Waals surface area contributed by atoms with Gasteiger partial charge in [-0.05, 0) is 32.1 Å². The van der Waals surface area contributed by atoms with Gasteiger partial charge in [0.1, 0.15) is 5.67 Å². The van der Waals surface area contributed by atoms with Crippen molar-refractivity contribution in [1.29, 1.82) is 0 Å². The van der Waals surface area contributed by atoms with E-state index in [1.165, 1.54) is 0 Å². The van der Waals surface area contributed by atoms with E-state index in [0.29, 0.717) is 19.3 Å². The smallest absolute Gasteiger partial charge is 0.475 e. The second-order valence-corrected chi connectivity index (χ2v) is 4.49.